The van der Waals surface area contributed by atoms with Gasteiger partial charge in [0.25, 0.3) is 0 Å². The van der Waals surface area contributed by atoms with Gasteiger partial charge in [0.05, 0.1) is 17.3 Å². The molecule has 0 radical (unpaired) electrons. The van der Waals surface area contributed by atoms with Crippen molar-refractivity contribution in [2.75, 3.05) is 19.6 Å². The molecule has 110 valence electrons. The van der Waals surface area contributed by atoms with E-state index in [9.17, 15) is 13.2 Å². The molecule has 0 aliphatic carbocycles. The smallest absolute Gasteiger partial charge is 0.320 e. The lowest BCUT2D eigenvalue weighted by Crippen LogP contribution is -2.41. The lowest BCUT2D eigenvalue weighted by molar-refractivity contribution is -0.187. The first kappa shape index (κ1) is 15.4. The van der Waals surface area contributed by atoms with Gasteiger partial charge in [-0.15, -0.1) is 11.3 Å². The average molecular weight is 302 g/mol. The molecule has 1 saturated heterocycles. The molecule has 1 unspecified atom stereocenters. The molecule has 2 heterocycles. The van der Waals surface area contributed by atoms with Gasteiger partial charge in [0.2, 0.25) is 0 Å². The largest absolute Gasteiger partial charge is 0.393 e. The molecule has 1 aromatic heterocycles. The van der Waals surface area contributed by atoms with Crippen LogP contribution in [0.1, 0.15) is 22.6 Å². The topological polar surface area (TPSA) is 29.3 Å². The minimum absolute atomic E-state index is 0.102. The summed E-state index contributed by atoms with van der Waals surface area (Å²) in [6, 6.07) is 3.83. The summed E-state index contributed by atoms with van der Waals surface area (Å²) in [6.45, 7) is 1.72. The summed E-state index contributed by atoms with van der Waals surface area (Å²) in [5.74, 6) is 4.53. The van der Waals surface area contributed by atoms with Crippen LogP contribution in [0.25, 0.3) is 0 Å². The van der Waals surface area contributed by atoms with E-state index in [0.29, 0.717) is 19.5 Å². The van der Waals surface area contributed by atoms with E-state index in [1.807, 2.05) is 17.0 Å². The summed E-state index contributed by atoms with van der Waals surface area (Å²) < 4.78 is 38.2. The van der Waals surface area contributed by atoms with Gasteiger partial charge in [-0.2, -0.15) is 13.2 Å². The monoisotopic (exact) mass is 302 g/mol. The van der Waals surface area contributed by atoms with Crippen LogP contribution in [-0.2, 0) is 6.54 Å². The quantitative estimate of drug-likeness (QED) is 0.851. The standard InChI is InChI=1S/C14H17F3N2S/c15-14(16,17)11-3-2-8-19(9-11)10-13-6-5-12(20-13)4-1-7-18/h5-6,11H,2-3,7-10,18H2. The van der Waals surface area contributed by atoms with E-state index in [2.05, 4.69) is 11.8 Å². The Morgan fingerprint density at radius 1 is 1.40 bits per heavy atom. The van der Waals surface area contributed by atoms with E-state index in [-0.39, 0.29) is 13.0 Å². The molecule has 1 aliphatic rings. The van der Waals surface area contributed by atoms with Crippen molar-refractivity contribution < 1.29 is 13.2 Å². The molecule has 1 aromatic rings. The van der Waals surface area contributed by atoms with Gasteiger partial charge in [-0.05, 0) is 31.5 Å². The van der Waals surface area contributed by atoms with Gasteiger partial charge in [0.1, 0.15) is 0 Å². The first-order valence-electron chi connectivity index (χ1n) is 6.56. The Labute approximate surface area is 120 Å². The maximum atomic E-state index is 12.7. The fourth-order valence-corrected chi connectivity index (χ4v) is 3.28. The Morgan fingerprint density at radius 2 is 2.20 bits per heavy atom. The van der Waals surface area contributed by atoms with Gasteiger partial charge in [-0.25, -0.2) is 0 Å². The highest BCUT2D eigenvalue weighted by molar-refractivity contribution is 7.12. The zero-order valence-corrected chi connectivity index (χ0v) is 11.9. The fraction of sp³-hybridized carbons (Fsp3) is 0.571. The molecule has 0 spiro atoms. The van der Waals surface area contributed by atoms with Crippen molar-refractivity contribution in [2.45, 2.75) is 25.6 Å². The Balaban J connectivity index is 1.94. The highest BCUT2D eigenvalue weighted by Gasteiger charge is 2.41. The van der Waals surface area contributed by atoms with Crippen LogP contribution in [0.4, 0.5) is 13.2 Å². The summed E-state index contributed by atoms with van der Waals surface area (Å²) in [7, 11) is 0. The second kappa shape index (κ2) is 6.61. The van der Waals surface area contributed by atoms with E-state index in [1.54, 1.807) is 0 Å². The second-order valence-corrected chi connectivity index (χ2v) is 6.06. The van der Waals surface area contributed by atoms with Crippen LogP contribution in [0.5, 0.6) is 0 Å². The van der Waals surface area contributed by atoms with Gasteiger partial charge in [-0.3, -0.25) is 4.90 Å². The van der Waals surface area contributed by atoms with E-state index in [4.69, 9.17) is 5.73 Å². The molecular weight excluding hydrogens is 285 g/mol. The van der Waals surface area contributed by atoms with Crippen molar-refractivity contribution >= 4 is 11.3 Å². The molecular formula is C14H17F3N2S. The zero-order valence-electron chi connectivity index (χ0n) is 11.0. The molecule has 0 bridgehead atoms. The molecule has 0 amide bonds. The summed E-state index contributed by atoms with van der Waals surface area (Å²) in [5.41, 5.74) is 5.30. The number of likely N-dealkylation sites (tertiary alicyclic amines) is 1. The highest BCUT2D eigenvalue weighted by Crippen LogP contribution is 2.33. The molecule has 2 nitrogen and oxygen atoms in total. The van der Waals surface area contributed by atoms with Crippen LogP contribution in [0.15, 0.2) is 12.1 Å². The SMILES string of the molecule is NCC#Cc1ccc(CN2CCCC(C(F)(F)F)C2)s1. The van der Waals surface area contributed by atoms with E-state index in [1.165, 1.54) is 11.3 Å². The van der Waals surface area contributed by atoms with Crippen molar-refractivity contribution in [3.05, 3.63) is 21.9 Å². The van der Waals surface area contributed by atoms with Gasteiger partial charge in [0, 0.05) is 18.0 Å². The molecule has 1 atom stereocenters. The number of hydrogen-bond donors (Lipinski definition) is 1. The third-order valence-electron chi connectivity index (χ3n) is 3.32. The van der Waals surface area contributed by atoms with Crippen molar-refractivity contribution in [1.82, 2.24) is 4.90 Å². The summed E-state index contributed by atoms with van der Waals surface area (Å²) in [6.07, 6.45) is -3.22. The third kappa shape index (κ3) is 4.23. The molecule has 1 aliphatic heterocycles. The predicted octanol–water partition coefficient (Wildman–Crippen LogP) is 2.83. The number of rotatable bonds is 2. The first-order valence-corrected chi connectivity index (χ1v) is 7.37. The lowest BCUT2D eigenvalue weighted by Gasteiger charge is -2.33. The number of alkyl halides is 3. The van der Waals surface area contributed by atoms with Crippen LogP contribution >= 0.6 is 11.3 Å². The number of thiophene rings is 1. The van der Waals surface area contributed by atoms with E-state index >= 15 is 0 Å². The molecule has 6 heteroatoms. The van der Waals surface area contributed by atoms with Crippen LogP contribution in [-0.4, -0.2) is 30.7 Å². The van der Waals surface area contributed by atoms with E-state index in [0.717, 1.165) is 16.3 Å². The van der Waals surface area contributed by atoms with Crippen LogP contribution in [0.3, 0.4) is 0 Å². The maximum absolute atomic E-state index is 12.7. The molecule has 1 fully saturated rings. The Bertz CT molecular complexity index is 498. The zero-order chi connectivity index (χ0) is 14.6. The Morgan fingerprint density at radius 3 is 2.90 bits per heavy atom. The van der Waals surface area contributed by atoms with Crippen molar-refractivity contribution in [1.29, 1.82) is 0 Å². The van der Waals surface area contributed by atoms with Crippen molar-refractivity contribution in [2.24, 2.45) is 11.7 Å². The lowest BCUT2D eigenvalue weighted by atomic mass is 9.97. The van der Waals surface area contributed by atoms with Gasteiger partial charge in [-0.1, -0.05) is 11.8 Å². The minimum atomic E-state index is -4.08. The van der Waals surface area contributed by atoms with E-state index < -0.39 is 12.1 Å². The summed E-state index contributed by atoms with van der Waals surface area (Å²) in [5, 5.41) is 0. The fourth-order valence-electron chi connectivity index (χ4n) is 2.35. The molecule has 0 aromatic carbocycles. The van der Waals surface area contributed by atoms with Gasteiger partial charge >= 0.3 is 6.18 Å². The predicted molar refractivity (Wildman–Crippen MR) is 74.3 cm³/mol. The number of piperidine rings is 1. The number of nitrogens with zero attached hydrogens (tertiary/aromatic N) is 1. The van der Waals surface area contributed by atoms with Crippen LogP contribution in [0.2, 0.25) is 0 Å². The number of nitrogens with two attached hydrogens (primary N) is 1. The molecule has 0 saturated carbocycles. The summed E-state index contributed by atoms with van der Waals surface area (Å²) >= 11 is 1.52. The van der Waals surface area contributed by atoms with Crippen LogP contribution in [0, 0.1) is 17.8 Å². The normalized spacial score (nSPS) is 20.5. The van der Waals surface area contributed by atoms with Gasteiger partial charge in [0.15, 0.2) is 0 Å². The number of halogens is 3. The second-order valence-electron chi connectivity index (χ2n) is 4.89. The number of hydrogen-bond acceptors (Lipinski definition) is 3. The maximum Gasteiger partial charge on any atom is 0.393 e. The Kier molecular flexibility index (Phi) is 5.08. The van der Waals surface area contributed by atoms with Crippen molar-refractivity contribution in [3.8, 4) is 11.8 Å². The molecule has 20 heavy (non-hydrogen) atoms. The third-order valence-corrected chi connectivity index (χ3v) is 4.31. The average Bonchev–Trinajstić information content (AvgIpc) is 2.83. The molecule has 2 rings (SSSR count). The van der Waals surface area contributed by atoms with Crippen LogP contribution < -0.4 is 5.73 Å². The Hall–Kier alpha value is -1.03. The minimum Gasteiger partial charge on any atom is -0.320 e. The molecule has 2 N–H and O–H groups in total. The highest BCUT2D eigenvalue weighted by atomic mass is 32.1. The van der Waals surface area contributed by atoms with Gasteiger partial charge < -0.3 is 5.73 Å². The first-order chi connectivity index (χ1) is 9.49. The summed E-state index contributed by atoms with van der Waals surface area (Å²) in [4.78, 5) is 3.84. The van der Waals surface area contributed by atoms with Crippen molar-refractivity contribution in [3.63, 3.8) is 0 Å².